The first-order chi connectivity index (χ1) is 12.5. The van der Waals surface area contributed by atoms with Gasteiger partial charge in [-0.15, -0.1) is 0 Å². The molecule has 0 unspecified atom stereocenters. The molecule has 5 nitrogen and oxygen atoms in total. The maximum absolute atomic E-state index is 13.0. The van der Waals surface area contributed by atoms with Gasteiger partial charge in [-0.05, 0) is 54.8 Å². The lowest BCUT2D eigenvalue weighted by molar-refractivity contribution is -0.120. The first-order valence-electron chi connectivity index (χ1n) is 8.05. The molecule has 1 aliphatic rings. The number of thioether (sulfide) groups is 1. The zero-order chi connectivity index (χ0) is 18.7. The van der Waals surface area contributed by atoms with Gasteiger partial charge in [0.15, 0.2) is 0 Å². The van der Waals surface area contributed by atoms with Crippen molar-refractivity contribution in [3.05, 3.63) is 65.5 Å². The van der Waals surface area contributed by atoms with E-state index in [0.29, 0.717) is 29.0 Å². The Labute approximate surface area is 154 Å². The maximum Gasteiger partial charge on any atom is 0.262 e. The van der Waals surface area contributed by atoms with Crippen LogP contribution in [0.4, 0.5) is 10.1 Å². The van der Waals surface area contributed by atoms with Crippen LogP contribution in [0.1, 0.15) is 27.1 Å². The standard InChI is InChI=1S/C19H17FN2O3S/c1-26-11-10-16(17(23)21-13-8-6-12(20)7-9-13)22-18(24)14-4-2-3-5-15(14)19(22)25/h2-9,16H,10-11H2,1H3,(H,21,23)/t16-/m1/s1. The molecule has 0 fully saturated rings. The fourth-order valence-corrected chi connectivity index (χ4v) is 3.32. The van der Waals surface area contributed by atoms with Crippen molar-refractivity contribution >= 4 is 35.2 Å². The third-order valence-electron chi connectivity index (χ3n) is 4.15. The normalized spacial score (nSPS) is 14.3. The number of benzene rings is 2. The summed E-state index contributed by atoms with van der Waals surface area (Å²) >= 11 is 1.52. The van der Waals surface area contributed by atoms with Crippen LogP contribution in [0.2, 0.25) is 0 Å². The molecule has 0 bridgehead atoms. The number of anilines is 1. The summed E-state index contributed by atoms with van der Waals surface area (Å²) < 4.78 is 13.0. The van der Waals surface area contributed by atoms with Gasteiger partial charge in [-0.3, -0.25) is 19.3 Å². The highest BCUT2D eigenvalue weighted by molar-refractivity contribution is 7.98. The predicted molar refractivity (Wildman–Crippen MR) is 98.8 cm³/mol. The molecule has 1 aliphatic heterocycles. The van der Waals surface area contributed by atoms with Gasteiger partial charge in [0.05, 0.1) is 11.1 Å². The van der Waals surface area contributed by atoms with Crippen LogP contribution < -0.4 is 5.32 Å². The van der Waals surface area contributed by atoms with E-state index in [1.54, 1.807) is 24.3 Å². The van der Waals surface area contributed by atoms with Crippen molar-refractivity contribution in [1.29, 1.82) is 0 Å². The van der Waals surface area contributed by atoms with Crippen molar-refractivity contribution in [3.63, 3.8) is 0 Å². The Bertz CT molecular complexity index is 819. The molecule has 134 valence electrons. The van der Waals surface area contributed by atoms with Crippen molar-refractivity contribution in [1.82, 2.24) is 4.90 Å². The van der Waals surface area contributed by atoms with Gasteiger partial charge in [0.25, 0.3) is 11.8 Å². The summed E-state index contributed by atoms with van der Waals surface area (Å²) in [6.07, 6.45) is 2.22. The molecular weight excluding hydrogens is 355 g/mol. The van der Waals surface area contributed by atoms with E-state index in [1.807, 2.05) is 6.26 Å². The fraction of sp³-hybridized carbons (Fsp3) is 0.211. The molecule has 26 heavy (non-hydrogen) atoms. The molecule has 0 aromatic heterocycles. The van der Waals surface area contributed by atoms with Crippen molar-refractivity contribution in [2.75, 3.05) is 17.3 Å². The maximum atomic E-state index is 13.0. The number of hydrogen-bond acceptors (Lipinski definition) is 4. The van der Waals surface area contributed by atoms with Gasteiger partial charge in [-0.2, -0.15) is 11.8 Å². The van der Waals surface area contributed by atoms with Gasteiger partial charge < -0.3 is 5.32 Å². The van der Waals surface area contributed by atoms with Gasteiger partial charge in [0, 0.05) is 5.69 Å². The highest BCUT2D eigenvalue weighted by atomic mass is 32.2. The number of imide groups is 1. The Morgan fingerprint density at radius 2 is 1.65 bits per heavy atom. The number of carbonyl (C=O) groups excluding carboxylic acids is 3. The van der Waals surface area contributed by atoms with Crippen LogP contribution in [0.5, 0.6) is 0 Å². The quantitative estimate of drug-likeness (QED) is 0.791. The highest BCUT2D eigenvalue weighted by Gasteiger charge is 2.42. The zero-order valence-corrected chi connectivity index (χ0v) is 14.9. The minimum atomic E-state index is -0.931. The zero-order valence-electron chi connectivity index (χ0n) is 14.1. The molecule has 2 aromatic carbocycles. The number of rotatable bonds is 6. The SMILES string of the molecule is CSCC[C@H](C(=O)Nc1ccc(F)cc1)N1C(=O)c2ccccc2C1=O. The fourth-order valence-electron chi connectivity index (χ4n) is 2.86. The van der Waals surface area contributed by atoms with E-state index in [2.05, 4.69) is 5.32 Å². The van der Waals surface area contributed by atoms with Crippen LogP contribution in [0, 0.1) is 5.82 Å². The lowest BCUT2D eigenvalue weighted by Crippen LogP contribution is -2.47. The van der Waals surface area contributed by atoms with Crippen LogP contribution in [0.3, 0.4) is 0 Å². The first kappa shape index (κ1) is 18.1. The van der Waals surface area contributed by atoms with E-state index in [9.17, 15) is 18.8 Å². The second kappa shape index (κ2) is 7.70. The molecule has 0 spiro atoms. The predicted octanol–water partition coefficient (Wildman–Crippen LogP) is 3.18. The third-order valence-corrected chi connectivity index (χ3v) is 4.79. The van der Waals surface area contributed by atoms with E-state index in [0.717, 1.165) is 4.90 Å². The Hall–Kier alpha value is -2.67. The van der Waals surface area contributed by atoms with E-state index in [-0.39, 0.29) is 0 Å². The summed E-state index contributed by atoms with van der Waals surface area (Å²) in [5, 5.41) is 2.66. The number of fused-ring (bicyclic) bond motifs is 1. The lowest BCUT2D eigenvalue weighted by atomic mass is 10.1. The number of halogens is 1. The molecule has 0 saturated heterocycles. The Morgan fingerprint density at radius 3 is 2.19 bits per heavy atom. The van der Waals surface area contributed by atoms with E-state index in [4.69, 9.17) is 0 Å². The molecule has 2 aromatic rings. The first-order valence-corrected chi connectivity index (χ1v) is 9.44. The second-order valence-electron chi connectivity index (χ2n) is 5.82. The van der Waals surface area contributed by atoms with E-state index < -0.39 is 29.6 Å². The molecule has 1 atom stereocenters. The van der Waals surface area contributed by atoms with Crippen LogP contribution in [0.15, 0.2) is 48.5 Å². The van der Waals surface area contributed by atoms with E-state index >= 15 is 0 Å². The molecular formula is C19H17FN2O3S. The molecule has 1 heterocycles. The Kier molecular flexibility index (Phi) is 5.37. The van der Waals surface area contributed by atoms with Gasteiger partial charge in [-0.25, -0.2) is 4.39 Å². The van der Waals surface area contributed by atoms with Crippen molar-refractivity contribution in [2.24, 2.45) is 0 Å². The number of nitrogens with one attached hydrogen (secondary N) is 1. The van der Waals surface area contributed by atoms with Crippen molar-refractivity contribution in [3.8, 4) is 0 Å². The minimum Gasteiger partial charge on any atom is -0.324 e. The monoisotopic (exact) mass is 372 g/mol. The van der Waals surface area contributed by atoms with Gasteiger partial charge >= 0.3 is 0 Å². The molecule has 0 radical (unpaired) electrons. The highest BCUT2D eigenvalue weighted by Crippen LogP contribution is 2.26. The average molecular weight is 372 g/mol. The third kappa shape index (κ3) is 3.48. The smallest absolute Gasteiger partial charge is 0.262 e. The molecule has 0 saturated carbocycles. The van der Waals surface area contributed by atoms with Crippen LogP contribution in [-0.4, -0.2) is 40.7 Å². The van der Waals surface area contributed by atoms with E-state index in [1.165, 1.54) is 36.0 Å². The largest absolute Gasteiger partial charge is 0.324 e. The van der Waals surface area contributed by atoms with Crippen LogP contribution >= 0.6 is 11.8 Å². The molecule has 3 rings (SSSR count). The number of nitrogens with zero attached hydrogens (tertiary/aromatic N) is 1. The molecule has 1 N–H and O–H groups in total. The summed E-state index contributed by atoms with van der Waals surface area (Å²) in [6, 6.07) is 10.9. The van der Waals surface area contributed by atoms with Crippen molar-refractivity contribution in [2.45, 2.75) is 12.5 Å². The van der Waals surface area contributed by atoms with Crippen LogP contribution in [-0.2, 0) is 4.79 Å². The molecule has 7 heteroatoms. The Balaban J connectivity index is 1.86. The molecule has 3 amide bonds. The summed E-state index contributed by atoms with van der Waals surface area (Å²) in [5.74, 6) is -1.21. The summed E-state index contributed by atoms with van der Waals surface area (Å²) in [6.45, 7) is 0. The number of amides is 3. The molecule has 0 aliphatic carbocycles. The van der Waals surface area contributed by atoms with Crippen LogP contribution in [0.25, 0.3) is 0 Å². The summed E-state index contributed by atoms with van der Waals surface area (Å²) in [4.78, 5) is 39.2. The van der Waals surface area contributed by atoms with Gasteiger partial charge in [0.1, 0.15) is 11.9 Å². The van der Waals surface area contributed by atoms with Gasteiger partial charge in [-0.1, -0.05) is 12.1 Å². The summed E-state index contributed by atoms with van der Waals surface area (Å²) in [7, 11) is 0. The number of hydrogen-bond donors (Lipinski definition) is 1. The number of carbonyl (C=O) groups is 3. The minimum absolute atomic E-state index is 0.307. The second-order valence-corrected chi connectivity index (χ2v) is 6.80. The summed E-state index contributed by atoms with van der Waals surface area (Å²) in [5.41, 5.74) is 1.02. The van der Waals surface area contributed by atoms with Crippen molar-refractivity contribution < 1.29 is 18.8 Å². The average Bonchev–Trinajstić information content (AvgIpc) is 2.89. The Morgan fingerprint density at radius 1 is 1.08 bits per heavy atom. The lowest BCUT2D eigenvalue weighted by Gasteiger charge is -2.25. The van der Waals surface area contributed by atoms with Gasteiger partial charge in [0.2, 0.25) is 5.91 Å². The topological polar surface area (TPSA) is 66.5 Å².